The van der Waals surface area contributed by atoms with Gasteiger partial charge in [0.05, 0.1) is 12.0 Å². The van der Waals surface area contributed by atoms with Gasteiger partial charge < -0.3 is 10.6 Å². The van der Waals surface area contributed by atoms with Crippen molar-refractivity contribution in [3.05, 3.63) is 47.0 Å². The lowest BCUT2D eigenvalue weighted by Crippen LogP contribution is -2.09. The van der Waals surface area contributed by atoms with Gasteiger partial charge in [-0.15, -0.1) is 0 Å². The van der Waals surface area contributed by atoms with E-state index in [1.807, 2.05) is 18.2 Å². The van der Waals surface area contributed by atoms with Crippen LogP contribution in [0.2, 0.25) is 0 Å². The molecule has 0 heterocycles. The van der Waals surface area contributed by atoms with Gasteiger partial charge >= 0.3 is 5.71 Å². The molecule has 0 atom stereocenters. The average molecular weight is 172 g/mol. The van der Waals surface area contributed by atoms with Gasteiger partial charge in [-0.25, -0.2) is 0 Å². The Labute approximate surface area is 75.6 Å². The first kappa shape index (κ1) is 7.77. The van der Waals surface area contributed by atoms with Crippen LogP contribution in [0, 0.1) is 0 Å². The summed E-state index contributed by atoms with van der Waals surface area (Å²) in [7, 11) is 0. The number of nitrogens with zero attached hydrogens (tertiary/aromatic N) is 2. The molecule has 0 unspecified atom stereocenters. The normalized spacial score (nSPS) is 14.5. The van der Waals surface area contributed by atoms with Gasteiger partial charge in [-0.05, 0) is 12.1 Å². The molecule has 0 fully saturated rings. The van der Waals surface area contributed by atoms with E-state index in [2.05, 4.69) is 4.79 Å². The lowest BCUT2D eigenvalue weighted by Gasteiger charge is -2.08. The van der Waals surface area contributed by atoms with Crippen LogP contribution in [-0.4, -0.2) is 15.6 Å². The molecule has 0 amide bonds. The van der Waals surface area contributed by atoms with Crippen molar-refractivity contribution in [2.45, 2.75) is 6.42 Å². The summed E-state index contributed by atoms with van der Waals surface area (Å²) in [4.78, 5) is 3.18. The topological polar surface area (TPSA) is 56.6 Å². The monoisotopic (exact) mass is 172 g/mol. The van der Waals surface area contributed by atoms with Crippen LogP contribution < -0.4 is 0 Å². The number of rotatable bonds is 0. The van der Waals surface area contributed by atoms with Crippen molar-refractivity contribution in [2.24, 2.45) is 0 Å². The Hall–Kier alpha value is -1.86. The van der Waals surface area contributed by atoms with Gasteiger partial charge in [0, 0.05) is 5.56 Å². The molecule has 0 saturated heterocycles. The number of allylic oxidation sites excluding steroid dienone is 1. The Morgan fingerprint density at radius 2 is 1.92 bits per heavy atom. The minimum absolute atomic E-state index is 0.253. The lowest BCUT2D eigenvalue weighted by molar-refractivity contribution is -0.00617. The number of benzene rings is 1. The van der Waals surface area contributed by atoms with Crippen LogP contribution in [0.5, 0.6) is 0 Å². The van der Waals surface area contributed by atoms with Crippen LogP contribution in [0.25, 0.3) is 11.3 Å². The smallest absolute Gasteiger partial charge is 0.303 e. The summed E-state index contributed by atoms with van der Waals surface area (Å²) in [6, 6.07) is 7.31. The molecule has 1 aliphatic rings. The molecule has 0 spiro atoms. The first-order valence-corrected chi connectivity index (χ1v) is 4.03. The summed E-state index contributed by atoms with van der Waals surface area (Å²) in [6.07, 6.45) is 2.11. The maximum absolute atomic E-state index is 9.50. The maximum atomic E-state index is 9.50. The first-order valence-electron chi connectivity index (χ1n) is 4.03. The van der Waals surface area contributed by atoms with Crippen molar-refractivity contribution < 1.29 is 9.90 Å². The highest BCUT2D eigenvalue weighted by Crippen LogP contribution is 2.23. The summed E-state index contributed by atoms with van der Waals surface area (Å²) >= 11 is 0. The van der Waals surface area contributed by atoms with E-state index in [-0.39, 0.29) is 5.76 Å². The van der Waals surface area contributed by atoms with E-state index in [0.717, 1.165) is 11.1 Å². The van der Waals surface area contributed by atoms with E-state index < -0.39 is 0 Å². The molecule has 1 aliphatic carbocycles. The minimum atomic E-state index is 0.253. The molecule has 0 saturated carbocycles. The molecule has 2 rings (SSSR count). The number of aliphatic hydroxyl groups excluding tert-OH is 1. The average Bonchev–Trinajstić information content (AvgIpc) is 2.19. The highest BCUT2D eigenvalue weighted by atomic mass is 16.3. The standard InChI is InChI=1S/C10H8N2O/c11-12-9-5-6-10(13)8-4-2-1-3-7(8)9/h1-4,6,13H,5H2. The van der Waals surface area contributed by atoms with Crippen LogP contribution >= 0.6 is 0 Å². The molecular weight excluding hydrogens is 164 g/mol. The molecule has 0 bridgehead atoms. The zero-order valence-corrected chi connectivity index (χ0v) is 6.94. The van der Waals surface area contributed by atoms with Crippen molar-refractivity contribution in [1.29, 1.82) is 0 Å². The Bertz CT molecular complexity index is 428. The van der Waals surface area contributed by atoms with Crippen LogP contribution in [0.4, 0.5) is 0 Å². The van der Waals surface area contributed by atoms with Crippen LogP contribution in [0.3, 0.4) is 0 Å². The van der Waals surface area contributed by atoms with E-state index in [1.54, 1.807) is 12.1 Å². The van der Waals surface area contributed by atoms with Gasteiger partial charge in [0.2, 0.25) is 0 Å². The summed E-state index contributed by atoms with van der Waals surface area (Å²) in [5.74, 6) is 0.253. The SMILES string of the molecule is [N-]=[N+]=C1CC=C(O)c2ccccc21. The van der Waals surface area contributed by atoms with Crippen LogP contribution in [-0.2, 0) is 0 Å². The number of hydrogen-bond donors (Lipinski definition) is 1. The zero-order valence-electron chi connectivity index (χ0n) is 6.94. The maximum Gasteiger partial charge on any atom is 0.303 e. The molecule has 64 valence electrons. The van der Waals surface area contributed by atoms with E-state index in [4.69, 9.17) is 5.53 Å². The summed E-state index contributed by atoms with van der Waals surface area (Å²) < 4.78 is 0. The van der Waals surface area contributed by atoms with Gasteiger partial charge in [-0.1, -0.05) is 18.2 Å². The highest BCUT2D eigenvalue weighted by molar-refractivity contribution is 6.03. The quantitative estimate of drug-likeness (QED) is 0.472. The number of aliphatic hydroxyl groups is 1. The molecular formula is C10H8N2O. The third kappa shape index (κ3) is 1.15. The highest BCUT2D eigenvalue weighted by Gasteiger charge is 2.21. The Balaban J connectivity index is 2.70. The number of hydrogen-bond acceptors (Lipinski definition) is 1. The van der Waals surface area contributed by atoms with Gasteiger partial charge in [0.1, 0.15) is 5.76 Å². The lowest BCUT2D eigenvalue weighted by atomic mass is 9.94. The van der Waals surface area contributed by atoms with Crippen molar-refractivity contribution in [3.8, 4) is 0 Å². The second-order valence-corrected chi connectivity index (χ2v) is 2.89. The third-order valence-electron chi connectivity index (χ3n) is 2.12. The molecule has 1 aromatic carbocycles. The summed E-state index contributed by atoms with van der Waals surface area (Å²) in [5.41, 5.74) is 10.8. The molecule has 1 aromatic rings. The predicted octanol–water partition coefficient (Wildman–Crippen LogP) is 2.01. The van der Waals surface area contributed by atoms with Gasteiger partial charge in [-0.3, -0.25) is 0 Å². The van der Waals surface area contributed by atoms with Crippen molar-refractivity contribution >= 4 is 11.5 Å². The largest absolute Gasteiger partial charge is 0.508 e. The molecule has 0 aromatic heterocycles. The van der Waals surface area contributed by atoms with Crippen molar-refractivity contribution in [1.82, 2.24) is 0 Å². The van der Waals surface area contributed by atoms with Crippen LogP contribution in [0.15, 0.2) is 30.3 Å². The number of fused-ring (bicyclic) bond motifs is 1. The van der Waals surface area contributed by atoms with Gasteiger partial charge in [0.25, 0.3) is 0 Å². The fourth-order valence-corrected chi connectivity index (χ4v) is 1.47. The molecule has 13 heavy (non-hydrogen) atoms. The Morgan fingerprint density at radius 3 is 2.62 bits per heavy atom. The Morgan fingerprint density at radius 1 is 1.23 bits per heavy atom. The predicted molar refractivity (Wildman–Crippen MR) is 49.4 cm³/mol. The van der Waals surface area contributed by atoms with Gasteiger partial charge in [-0.2, -0.15) is 4.79 Å². The summed E-state index contributed by atoms with van der Waals surface area (Å²) in [6.45, 7) is 0. The minimum Gasteiger partial charge on any atom is -0.508 e. The molecule has 3 heteroatoms. The van der Waals surface area contributed by atoms with E-state index in [1.165, 1.54) is 0 Å². The van der Waals surface area contributed by atoms with Crippen molar-refractivity contribution in [3.63, 3.8) is 0 Å². The first-order chi connectivity index (χ1) is 6.33. The molecule has 3 nitrogen and oxygen atoms in total. The second kappa shape index (κ2) is 2.88. The van der Waals surface area contributed by atoms with E-state index in [0.29, 0.717) is 12.1 Å². The summed E-state index contributed by atoms with van der Waals surface area (Å²) in [5, 5.41) is 9.50. The Kier molecular flexibility index (Phi) is 1.72. The molecule has 1 N–H and O–H groups in total. The van der Waals surface area contributed by atoms with E-state index >= 15 is 0 Å². The van der Waals surface area contributed by atoms with Crippen LogP contribution in [0.1, 0.15) is 17.5 Å². The molecule has 0 aliphatic heterocycles. The fourth-order valence-electron chi connectivity index (χ4n) is 1.47. The molecule has 0 radical (unpaired) electrons. The third-order valence-corrected chi connectivity index (χ3v) is 2.12. The van der Waals surface area contributed by atoms with Gasteiger partial charge in [0.15, 0.2) is 0 Å². The van der Waals surface area contributed by atoms with Crippen molar-refractivity contribution in [2.75, 3.05) is 0 Å². The zero-order chi connectivity index (χ0) is 9.26. The van der Waals surface area contributed by atoms with E-state index in [9.17, 15) is 5.11 Å². The second-order valence-electron chi connectivity index (χ2n) is 2.89. The fraction of sp³-hybridized carbons (Fsp3) is 0.100.